The molecule has 0 spiro atoms. The number of hydrogen-bond donors (Lipinski definition) is 0. The third-order valence-electron chi connectivity index (χ3n) is 3.79. The van der Waals surface area contributed by atoms with Gasteiger partial charge in [0.1, 0.15) is 11.6 Å². The maximum absolute atomic E-state index is 14.1. The van der Waals surface area contributed by atoms with E-state index in [1.165, 1.54) is 17.5 Å². The molecule has 0 aliphatic carbocycles. The van der Waals surface area contributed by atoms with Gasteiger partial charge in [0.05, 0.1) is 0 Å². The van der Waals surface area contributed by atoms with Crippen LogP contribution in [0.5, 0.6) is 0 Å². The summed E-state index contributed by atoms with van der Waals surface area (Å²) in [5.74, 6) is -2.20. The zero-order chi connectivity index (χ0) is 18.6. The van der Waals surface area contributed by atoms with Crippen LogP contribution in [0.25, 0.3) is 0 Å². The first-order valence-corrected chi connectivity index (χ1v) is 10.2. The summed E-state index contributed by atoms with van der Waals surface area (Å²) < 4.78 is 55.2. The molecule has 0 saturated carbocycles. The van der Waals surface area contributed by atoms with Crippen LogP contribution in [0, 0.1) is 11.6 Å². The van der Waals surface area contributed by atoms with Crippen molar-refractivity contribution >= 4 is 21.4 Å². The van der Waals surface area contributed by atoms with Crippen molar-refractivity contribution in [2.75, 3.05) is 6.54 Å². The summed E-state index contributed by atoms with van der Waals surface area (Å²) in [5.41, 5.74) is 0.638. The Bertz CT molecular complexity index is 942. The molecule has 0 amide bonds. The van der Waals surface area contributed by atoms with E-state index in [0.717, 1.165) is 27.4 Å². The number of benzene rings is 1. The topological polar surface area (TPSA) is 50.3 Å². The molecular formula is C18H16F2N2O2S2. The summed E-state index contributed by atoms with van der Waals surface area (Å²) in [6, 6.07) is 10.2. The van der Waals surface area contributed by atoms with E-state index in [9.17, 15) is 17.2 Å². The van der Waals surface area contributed by atoms with Crippen molar-refractivity contribution < 1.29 is 17.2 Å². The summed E-state index contributed by atoms with van der Waals surface area (Å²) in [5, 5.41) is 1.89. The standard InChI is InChI=1S/C18H16F2N2O2S2/c19-16-6-1-7-17(20)18(16)26(23,24)22(10-8-15-5-3-11-25-15)13-14-4-2-9-21-12-14/h1-7,9,11-12H,8,10,13H2. The van der Waals surface area contributed by atoms with Gasteiger partial charge in [0.2, 0.25) is 10.0 Å². The molecule has 26 heavy (non-hydrogen) atoms. The Morgan fingerprint density at radius 2 is 1.81 bits per heavy atom. The SMILES string of the molecule is O=S(=O)(c1c(F)cccc1F)N(CCc1cccs1)Cc1cccnc1. The number of aromatic nitrogens is 1. The van der Waals surface area contributed by atoms with E-state index >= 15 is 0 Å². The van der Waals surface area contributed by atoms with Crippen molar-refractivity contribution in [1.82, 2.24) is 9.29 Å². The summed E-state index contributed by atoms with van der Waals surface area (Å²) in [6.07, 6.45) is 3.56. The first-order chi connectivity index (χ1) is 12.5. The van der Waals surface area contributed by atoms with E-state index in [-0.39, 0.29) is 13.1 Å². The van der Waals surface area contributed by atoms with Crippen LogP contribution in [0.1, 0.15) is 10.4 Å². The van der Waals surface area contributed by atoms with Crippen molar-refractivity contribution in [2.24, 2.45) is 0 Å². The third kappa shape index (κ3) is 4.14. The van der Waals surface area contributed by atoms with Gasteiger partial charge in [-0.05, 0) is 41.6 Å². The van der Waals surface area contributed by atoms with Gasteiger partial charge in [0.25, 0.3) is 0 Å². The van der Waals surface area contributed by atoms with E-state index in [2.05, 4.69) is 4.98 Å². The maximum Gasteiger partial charge on any atom is 0.249 e. The van der Waals surface area contributed by atoms with Gasteiger partial charge in [-0.15, -0.1) is 11.3 Å². The van der Waals surface area contributed by atoms with E-state index in [0.29, 0.717) is 12.0 Å². The highest BCUT2D eigenvalue weighted by molar-refractivity contribution is 7.89. The fraction of sp³-hybridized carbons (Fsp3) is 0.167. The monoisotopic (exact) mass is 394 g/mol. The first-order valence-electron chi connectivity index (χ1n) is 7.84. The lowest BCUT2D eigenvalue weighted by Gasteiger charge is -2.22. The predicted octanol–water partition coefficient (Wildman–Crippen LogP) is 3.85. The summed E-state index contributed by atoms with van der Waals surface area (Å²) in [4.78, 5) is 4.04. The van der Waals surface area contributed by atoms with Crippen molar-refractivity contribution in [3.63, 3.8) is 0 Å². The number of pyridine rings is 1. The summed E-state index contributed by atoms with van der Waals surface area (Å²) >= 11 is 1.50. The highest BCUT2D eigenvalue weighted by atomic mass is 32.2. The zero-order valence-corrected chi connectivity index (χ0v) is 15.3. The molecule has 0 bridgehead atoms. The summed E-state index contributed by atoms with van der Waals surface area (Å²) in [7, 11) is -4.35. The Labute approximate surface area is 154 Å². The molecule has 0 aliphatic rings. The van der Waals surface area contributed by atoms with Crippen LogP contribution in [0.2, 0.25) is 0 Å². The largest absolute Gasteiger partial charge is 0.264 e. The number of thiophene rings is 1. The number of halogens is 2. The van der Waals surface area contributed by atoms with Crippen molar-refractivity contribution in [2.45, 2.75) is 17.9 Å². The van der Waals surface area contributed by atoms with Crippen LogP contribution in [0.15, 0.2) is 65.1 Å². The first kappa shape index (κ1) is 18.6. The normalized spacial score (nSPS) is 11.8. The molecule has 0 aliphatic heterocycles. The maximum atomic E-state index is 14.1. The quantitative estimate of drug-likeness (QED) is 0.612. The minimum atomic E-state index is -4.35. The zero-order valence-electron chi connectivity index (χ0n) is 13.7. The molecule has 2 heterocycles. The molecule has 0 atom stereocenters. The van der Waals surface area contributed by atoms with Crippen LogP contribution >= 0.6 is 11.3 Å². The molecule has 136 valence electrons. The fourth-order valence-corrected chi connectivity index (χ4v) is 4.76. The Morgan fingerprint density at radius 3 is 2.42 bits per heavy atom. The van der Waals surface area contributed by atoms with Gasteiger partial charge in [-0.3, -0.25) is 4.98 Å². The van der Waals surface area contributed by atoms with Crippen LogP contribution in [0.4, 0.5) is 8.78 Å². The second-order valence-corrected chi connectivity index (χ2v) is 8.49. The van der Waals surface area contributed by atoms with Crippen molar-refractivity contribution in [1.29, 1.82) is 0 Å². The number of hydrogen-bond acceptors (Lipinski definition) is 4. The molecule has 0 radical (unpaired) electrons. The molecule has 0 unspecified atom stereocenters. The molecule has 0 fully saturated rings. The third-order valence-corrected chi connectivity index (χ3v) is 6.62. The molecule has 8 heteroatoms. The molecule has 0 saturated heterocycles. The minimum absolute atomic E-state index is 0.0185. The number of nitrogens with zero attached hydrogens (tertiary/aromatic N) is 2. The molecule has 4 nitrogen and oxygen atoms in total. The average molecular weight is 394 g/mol. The Kier molecular flexibility index (Phi) is 5.75. The molecular weight excluding hydrogens is 378 g/mol. The van der Waals surface area contributed by atoms with Crippen molar-refractivity contribution in [3.05, 3.63) is 82.3 Å². The van der Waals surface area contributed by atoms with Gasteiger partial charge in [0, 0.05) is 30.4 Å². The van der Waals surface area contributed by atoms with Crippen molar-refractivity contribution in [3.8, 4) is 0 Å². The number of rotatable bonds is 7. The lowest BCUT2D eigenvalue weighted by Crippen LogP contribution is -2.33. The van der Waals surface area contributed by atoms with Gasteiger partial charge in [-0.2, -0.15) is 4.31 Å². The average Bonchev–Trinajstić information content (AvgIpc) is 3.12. The Morgan fingerprint density at radius 1 is 1.04 bits per heavy atom. The van der Waals surface area contributed by atoms with Gasteiger partial charge in [0.15, 0.2) is 4.90 Å². The molecule has 3 rings (SSSR count). The minimum Gasteiger partial charge on any atom is -0.264 e. The Balaban J connectivity index is 1.95. The number of sulfonamides is 1. The van der Waals surface area contributed by atoms with Crippen LogP contribution < -0.4 is 0 Å². The second kappa shape index (κ2) is 8.03. The lowest BCUT2D eigenvalue weighted by atomic mass is 10.3. The van der Waals surface area contributed by atoms with Gasteiger partial charge >= 0.3 is 0 Å². The van der Waals surface area contributed by atoms with Gasteiger partial charge < -0.3 is 0 Å². The smallest absolute Gasteiger partial charge is 0.249 e. The van der Waals surface area contributed by atoms with E-state index < -0.39 is 26.6 Å². The lowest BCUT2D eigenvalue weighted by molar-refractivity contribution is 0.400. The van der Waals surface area contributed by atoms with Gasteiger partial charge in [-0.25, -0.2) is 17.2 Å². The highest BCUT2D eigenvalue weighted by Crippen LogP contribution is 2.24. The summed E-state index contributed by atoms with van der Waals surface area (Å²) in [6.45, 7) is 0.0842. The van der Waals surface area contributed by atoms with Gasteiger partial charge in [-0.1, -0.05) is 18.2 Å². The molecule has 3 aromatic rings. The predicted molar refractivity (Wildman–Crippen MR) is 96.2 cm³/mol. The van der Waals surface area contributed by atoms with E-state index in [4.69, 9.17) is 0 Å². The second-order valence-electron chi connectivity index (χ2n) is 5.58. The molecule has 0 N–H and O–H groups in total. The van der Waals surface area contributed by atoms with Crippen LogP contribution in [0.3, 0.4) is 0 Å². The fourth-order valence-electron chi connectivity index (χ4n) is 2.53. The molecule has 2 aromatic heterocycles. The molecule has 1 aromatic carbocycles. The highest BCUT2D eigenvalue weighted by Gasteiger charge is 2.30. The van der Waals surface area contributed by atoms with Crippen LogP contribution in [-0.4, -0.2) is 24.3 Å². The van der Waals surface area contributed by atoms with Crippen LogP contribution in [-0.2, 0) is 23.0 Å². The Hall–Kier alpha value is -2.16. The van der Waals surface area contributed by atoms with E-state index in [1.54, 1.807) is 18.3 Å². The van der Waals surface area contributed by atoms with E-state index in [1.807, 2.05) is 17.5 Å².